The van der Waals surface area contributed by atoms with Gasteiger partial charge in [-0.1, -0.05) is 30.7 Å². The Labute approximate surface area is 176 Å². The van der Waals surface area contributed by atoms with Gasteiger partial charge in [-0.3, -0.25) is 14.8 Å². The van der Waals surface area contributed by atoms with E-state index in [4.69, 9.17) is 4.74 Å². The van der Waals surface area contributed by atoms with Crippen molar-refractivity contribution in [3.05, 3.63) is 59.2 Å². The fourth-order valence-corrected chi connectivity index (χ4v) is 4.88. The van der Waals surface area contributed by atoms with Gasteiger partial charge in [0.05, 0.1) is 0 Å². The normalized spacial score (nSPS) is 18.6. The predicted octanol–water partition coefficient (Wildman–Crippen LogP) is 2.61. The number of rotatable bonds is 8. The molecule has 2 aromatic carbocycles. The van der Waals surface area contributed by atoms with Crippen molar-refractivity contribution >= 4 is 27.6 Å². The summed E-state index contributed by atoms with van der Waals surface area (Å²) in [4.78, 5) is 23.5. The van der Waals surface area contributed by atoms with Crippen LogP contribution in [-0.2, 0) is 21.4 Å². The van der Waals surface area contributed by atoms with Gasteiger partial charge in [0.2, 0.25) is 10.0 Å². The van der Waals surface area contributed by atoms with Crippen molar-refractivity contribution < 1.29 is 22.7 Å². The lowest BCUT2D eigenvalue weighted by Gasteiger charge is -2.24. The predicted molar refractivity (Wildman–Crippen MR) is 114 cm³/mol. The van der Waals surface area contributed by atoms with Crippen LogP contribution in [0.25, 0.3) is 0 Å². The molecule has 3 N–H and O–H groups in total. The number of benzene rings is 2. The molecule has 30 heavy (non-hydrogen) atoms. The summed E-state index contributed by atoms with van der Waals surface area (Å²) < 4.78 is 33.4. The van der Waals surface area contributed by atoms with Crippen LogP contribution >= 0.6 is 0 Å². The standard InChI is InChI=1S/C21H25N3O5S/c1-4-21(19(25)22-20(26)23-21)13-30(27,28)24-17-7-9-18(10-8-17)29-12-16-11-14(2)5-6-15(16)3/h5-11,24H,4,12-13H2,1-3H3,(H2,22,23,25,26). The van der Waals surface area contributed by atoms with E-state index in [0.717, 1.165) is 16.7 Å². The summed E-state index contributed by atoms with van der Waals surface area (Å²) in [6, 6.07) is 12.0. The summed E-state index contributed by atoms with van der Waals surface area (Å²) in [5.74, 6) is -0.597. The molecule has 3 rings (SSSR count). The van der Waals surface area contributed by atoms with E-state index in [1.54, 1.807) is 31.2 Å². The summed E-state index contributed by atoms with van der Waals surface area (Å²) in [5.41, 5.74) is 2.24. The van der Waals surface area contributed by atoms with Crippen molar-refractivity contribution in [1.29, 1.82) is 0 Å². The van der Waals surface area contributed by atoms with E-state index >= 15 is 0 Å². The van der Waals surface area contributed by atoms with E-state index in [2.05, 4.69) is 21.4 Å². The van der Waals surface area contributed by atoms with E-state index in [-0.39, 0.29) is 6.42 Å². The largest absolute Gasteiger partial charge is 0.489 e. The molecule has 1 aliphatic rings. The van der Waals surface area contributed by atoms with Gasteiger partial charge in [-0.15, -0.1) is 0 Å². The molecular formula is C21H25N3O5S. The van der Waals surface area contributed by atoms with Gasteiger partial charge in [0.25, 0.3) is 5.91 Å². The number of imide groups is 1. The van der Waals surface area contributed by atoms with Gasteiger partial charge in [0.1, 0.15) is 23.6 Å². The zero-order chi connectivity index (χ0) is 21.9. The Balaban J connectivity index is 1.64. The molecule has 0 bridgehead atoms. The van der Waals surface area contributed by atoms with Crippen LogP contribution in [0.3, 0.4) is 0 Å². The lowest BCUT2D eigenvalue weighted by Crippen LogP contribution is -2.52. The fourth-order valence-electron chi connectivity index (χ4n) is 3.26. The van der Waals surface area contributed by atoms with E-state index in [1.165, 1.54) is 0 Å². The highest BCUT2D eigenvalue weighted by atomic mass is 32.2. The van der Waals surface area contributed by atoms with Crippen LogP contribution in [0.2, 0.25) is 0 Å². The second kappa shape index (κ2) is 8.35. The summed E-state index contributed by atoms with van der Waals surface area (Å²) >= 11 is 0. The van der Waals surface area contributed by atoms with Gasteiger partial charge in [-0.25, -0.2) is 13.2 Å². The van der Waals surface area contributed by atoms with E-state index in [0.29, 0.717) is 18.0 Å². The molecule has 160 valence electrons. The first-order valence-electron chi connectivity index (χ1n) is 9.55. The number of ether oxygens (including phenoxy) is 1. The molecule has 1 heterocycles. The second-order valence-corrected chi connectivity index (χ2v) is 9.17. The molecule has 0 radical (unpaired) electrons. The third kappa shape index (κ3) is 4.91. The number of sulfonamides is 1. The number of urea groups is 1. The number of carbonyl (C=O) groups is 2. The van der Waals surface area contributed by atoms with Gasteiger partial charge in [0, 0.05) is 5.69 Å². The lowest BCUT2D eigenvalue weighted by atomic mass is 10.00. The van der Waals surface area contributed by atoms with Gasteiger partial charge >= 0.3 is 6.03 Å². The first-order valence-corrected chi connectivity index (χ1v) is 11.2. The average molecular weight is 432 g/mol. The van der Waals surface area contributed by atoms with Crippen molar-refractivity contribution in [3.63, 3.8) is 0 Å². The van der Waals surface area contributed by atoms with Gasteiger partial charge in [-0.2, -0.15) is 0 Å². The molecule has 1 saturated heterocycles. The number of amides is 3. The Morgan fingerprint density at radius 2 is 1.77 bits per heavy atom. The molecule has 1 unspecified atom stereocenters. The molecule has 0 saturated carbocycles. The van der Waals surface area contributed by atoms with Gasteiger partial charge in [-0.05, 0) is 55.7 Å². The Hall–Kier alpha value is -3.07. The topological polar surface area (TPSA) is 114 Å². The lowest BCUT2D eigenvalue weighted by molar-refractivity contribution is -0.123. The summed E-state index contributed by atoms with van der Waals surface area (Å²) in [6.07, 6.45) is 0.149. The summed E-state index contributed by atoms with van der Waals surface area (Å²) in [6.45, 7) is 6.09. The zero-order valence-electron chi connectivity index (χ0n) is 17.1. The third-order valence-electron chi connectivity index (χ3n) is 5.08. The SMILES string of the molecule is CCC1(CS(=O)(=O)Nc2ccc(OCc3cc(C)ccc3C)cc2)NC(=O)NC1=O. The quantitative estimate of drug-likeness (QED) is 0.556. The minimum absolute atomic E-state index is 0.149. The number of anilines is 1. The highest BCUT2D eigenvalue weighted by Crippen LogP contribution is 2.22. The van der Waals surface area contributed by atoms with Gasteiger partial charge < -0.3 is 10.1 Å². The molecule has 1 aliphatic heterocycles. The maximum Gasteiger partial charge on any atom is 0.322 e. The molecule has 1 atom stereocenters. The number of hydrogen-bond donors (Lipinski definition) is 3. The first-order chi connectivity index (χ1) is 14.1. The van der Waals surface area contributed by atoms with Gasteiger partial charge in [0.15, 0.2) is 0 Å². The maximum absolute atomic E-state index is 12.6. The van der Waals surface area contributed by atoms with E-state index < -0.39 is 33.3 Å². The Kier molecular flexibility index (Phi) is 6.02. The number of carbonyl (C=O) groups excluding carboxylic acids is 2. The Bertz CT molecular complexity index is 1070. The van der Waals surface area contributed by atoms with Crippen LogP contribution in [0.15, 0.2) is 42.5 Å². The minimum atomic E-state index is -3.89. The molecule has 9 heteroatoms. The minimum Gasteiger partial charge on any atom is -0.489 e. The van der Waals surface area contributed by atoms with Crippen LogP contribution in [0.1, 0.15) is 30.0 Å². The zero-order valence-corrected chi connectivity index (χ0v) is 17.9. The van der Waals surface area contributed by atoms with Crippen molar-refractivity contribution in [2.75, 3.05) is 10.5 Å². The number of aryl methyl sites for hydroxylation is 2. The Morgan fingerprint density at radius 3 is 2.37 bits per heavy atom. The van der Waals surface area contributed by atoms with Crippen LogP contribution in [0, 0.1) is 13.8 Å². The molecule has 1 fully saturated rings. The smallest absolute Gasteiger partial charge is 0.322 e. The monoisotopic (exact) mass is 431 g/mol. The van der Waals surface area contributed by atoms with Crippen molar-refractivity contribution in [1.82, 2.24) is 10.6 Å². The summed E-state index contributed by atoms with van der Waals surface area (Å²) in [5, 5.41) is 4.51. The molecule has 0 spiro atoms. The maximum atomic E-state index is 12.6. The van der Waals surface area contributed by atoms with Crippen molar-refractivity contribution in [2.45, 2.75) is 39.3 Å². The Morgan fingerprint density at radius 1 is 1.07 bits per heavy atom. The number of nitrogens with one attached hydrogen (secondary N) is 3. The van der Waals surface area contributed by atoms with Crippen molar-refractivity contribution in [2.24, 2.45) is 0 Å². The second-order valence-electron chi connectivity index (χ2n) is 7.45. The van der Waals surface area contributed by atoms with Crippen LogP contribution in [-0.4, -0.2) is 31.6 Å². The van der Waals surface area contributed by atoms with Crippen LogP contribution in [0.5, 0.6) is 5.75 Å². The fraction of sp³-hybridized carbons (Fsp3) is 0.333. The molecule has 0 aromatic heterocycles. The first kappa shape index (κ1) is 21.6. The van der Waals surface area contributed by atoms with E-state index in [9.17, 15) is 18.0 Å². The number of hydrogen-bond acceptors (Lipinski definition) is 5. The molecular weight excluding hydrogens is 406 g/mol. The molecule has 2 aromatic rings. The van der Waals surface area contributed by atoms with Crippen molar-refractivity contribution in [3.8, 4) is 5.75 Å². The third-order valence-corrected chi connectivity index (χ3v) is 6.50. The van der Waals surface area contributed by atoms with Crippen LogP contribution in [0.4, 0.5) is 10.5 Å². The molecule has 0 aliphatic carbocycles. The average Bonchev–Trinajstić information content (AvgIpc) is 2.96. The highest BCUT2D eigenvalue weighted by Gasteiger charge is 2.47. The van der Waals surface area contributed by atoms with E-state index in [1.807, 2.05) is 26.0 Å². The van der Waals surface area contributed by atoms with Crippen LogP contribution < -0.4 is 20.1 Å². The summed E-state index contributed by atoms with van der Waals surface area (Å²) in [7, 11) is -3.89. The molecule has 8 nitrogen and oxygen atoms in total. The highest BCUT2D eigenvalue weighted by molar-refractivity contribution is 7.92. The molecule has 3 amide bonds.